The minimum absolute atomic E-state index is 0.244. The fourth-order valence-electron chi connectivity index (χ4n) is 4.71. The molecule has 1 saturated heterocycles. The van der Waals surface area contributed by atoms with Crippen molar-refractivity contribution in [2.24, 2.45) is 5.92 Å². The minimum atomic E-state index is 0.244. The molecule has 7 heteroatoms. The molecule has 0 unspecified atom stereocenters. The predicted octanol–water partition coefficient (Wildman–Crippen LogP) is 3.20. The van der Waals surface area contributed by atoms with E-state index >= 15 is 0 Å². The number of carbonyl (C=O) groups excluding carboxylic acids is 1. The van der Waals surface area contributed by atoms with Crippen molar-refractivity contribution in [3.8, 4) is 0 Å². The molecule has 1 amide bonds. The minimum Gasteiger partial charge on any atom is -0.355 e. The highest BCUT2D eigenvalue weighted by Crippen LogP contribution is 2.40. The lowest BCUT2D eigenvalue weighted by Crippen LogP contribution is -2.41. The summed E-state index contributed by atoms with van der Waals surface area (Å²) >= 11 is 1.87. The van der Waals surface area contributed by atoms with Gasteiger partial charge in [-0.15, -0.1) is 11.3 Å². The van der Waals surface area contributed by atoms with Crippen molar-refractivity contribution >= 4 is 33.3 Å². The summed E-state index contributed by atoms with van der Waals surface area (Å²) in [5, 5.41) is 1.30. The van der Waals surface area contributed by atoms with Crippen LogP contribution in [0.3, 0.4) is 0 Å². The van der Waals surface area contributed by atoms with Gasteiger partial charge in [-0.25, -0.2) is 9.97 Å². The van der Waals surface area contributed by atoms with Gasteiger partial charge in [-0.2, -0.15) is 0 Å². The first-order valence-corrected chi connectivity index (χ1v) is 11.9. The van der Waals surface area contributed by atoms with Gasteiger partial charge in [-0.05, 0) is 51.0 Å². The van der Waals surface area contributed by atoms with E-state index in [4.69, 9.17) is 4.98 Å². The number of thiophene rings is 1. The second-order valence-corrected chi connectivity index (χ2v) is 9.50. The maximum atomic E-state index is 12.5. The van der Waals surface area contributed by atoms with Gasteiger partial charge in [0.15, 0.2) is 0 Å². The molecule has 3 heterocycles. The van der Waals surface area contributed by atoms with Gasteiger partial charge in [0.1, 0.15) is 17.0 Å². The third kappa shape index (κ3) is 4.26. The molecule has 1 aliphatic heterocycles. The van der Waals surface area contributed by atoms with E-state index in [-0.39, 0.29) is 5.91 Å². The number of amides is 1. The van der Waals surface area contributed by atoms with Crippen molar-refractivity contribution in [3.05, 3.63) is 16.8 Å². The normalized spacial score (nSPS) is 20.5. The fourth-order valence-corrected chi connectivity index (χ4v) is 6.05. The molecule has 0 radical (unpaired) electrons. The first-order valence-electron chi connectivity index (χ1n) is 11.1. The third-order valence-electron chi connectivity index (χ3n) is 6.43. The summed E-state index contributed by atoms with van der Waals surface area (Å²) < 4.78 is 0. The summed E-state index contributed by atoms with van der Waals surface area (Å²) in [5.74, 6) is 2.12. The summed E-state index contributed by atoms with van der Waals surface area (Å²) in [6, 6.07) is 0. The van der Waals surface area contributed by atoms with E-state index in [0.29, 0.717) is 6.54 Å². The molecule has 29 heavy (non-hydrogen) atoms. The maximum Gasteiger partial charge on any atom is 0.236 e. The Morgan fingerprint density at radius 3 is 2.83 bits per heavy atom. The van der Waals surface area contributed by atoms with E-state index in [1.807, 2.05) is 30.1 Å². The molecule has 1 fully saturated rings. The number of carbonyl (C=O) groups is 1. The van der Waals surface area contributed by atoms with Crippen LogP contribution in [0, 0.1) is 5.92 Å². The van der Waals surface area contributed by atoms with Gasteiger partial charge in [0.25, 0.3) is 0 Å². The molecule has 0 N–H and O–H groups in total. The number of aromatic nitrogens is 2. The quantitative estimate of drug-likeness (QED) is 0.751. The van der Waals surface area contributed by atoms with Crippen LogP contribution >= 0.6 is 11.3 Å². The lowest BCUT2D eigenvalue weighted by atomic mass is 9.89. The Kier molecular flexibility index (Phi) is 6.35. The lowest BCUT2D eigenvalue weighted by molar-refractivity contribution is -0.132. The topological polar surface area (TPSA) is 52.6 Å². The second kappa shape index (κ2) is 8.96. The van der Waals surface area contributed by atoms with Gasteiger partial charge in [0, 0.05) is 44.1 Å². The van der Waals surface area contributed by atoms with Crippen LogP contribution in [-0.4, -0.2) is 71.5 Å². The molecule has 1 aliphatic carbocycles. The Hall–Kier alpha value is -1.73. The van der Waals surface area contributed by atoms with Gasteiger partial charge in [0.05, 0.1) is 11.9 Å². The van der Waals surface area contributed by atoms with Gasteiger partial charge < -0.3 is 9.80 Å². The lowest BCUT2D eigenvalue weighted by Gasteiger charge is -2.26. The van der Waals surface area contributed by atoms with E-state index in [1.165, 1.54) is 28.7 Å². The highest BCUT2D eigenvalue weighted by Gasteiger charge is 2.26. The van der Waals surface area contributed by atoms with Crippen molar-refractivity contribution < 1.29 is 4.79 Å². The number of likely N-dealkylation sites (N-methyl/N-ethyl adjacent to an activating group) is 1. The van der Waals surface area contributed by atoms with Crippen LogP contribution in [0.2, 0.25) is 0 Å². The Bertz CT molecular complexity index is 862. The van der Waals surface area contributed by atoms with Crippen molar-refractivity contribution in [3.63, 3.8) is 0 Å². The van der Waals surface area contributed by atoms with Gasteiger partial charge in [-0.1, -0.05) is 6.92 Å². The van der Waals surface area contributed by atoms with Crippen molar-refractivity contribution in [1.82, 2.24) is 19.8 Å². The first-order chi connectivity index (χ1) is 14.1. The molecule has 0 bridgehead atoms. The zero-order valence-corrected chi connectivity index (χ0v) is 18.8. The van der Waals surface area contributed by atoms with E-state index in [1.54, 1.807) is 6.33 Å². The number of anilines is 1. The van der Waals surface area contributed by atoms with Gasteiger partial charge in [0.2, 0.25) is 5.91 Å². The number of nitrogens with zero attached hydrogens (tertiary/aromatic N) is 5. The van der Waals surface area contributed by atoms with Crippen LogP contribution in [0.15, 0.2) is 6.33 Å². The van der Waals surface area contributed by atoms with Crippen LogP contribution in [-0.2, 0) is 17.6 Å². The molecule has 4 rings (SSSR count). The Morgan fingerprint density at radius 1 is 1.21 bits per heavy atom. The van der Waals surface area contributed by atoms with Crippen molar-refractivity contribution in [2.45, 2.75) is 46.5 Å². The van der Waals surface area contributed by atoms with Crippen LogP contribution in [0.4, 0.5) is 5.82 Å². The molecule has 158 valence electrons. The van der Waals surface area contributed by atoms with E-state index in [2.05, 4.69) is 21.7 Å². The molecular weight excluding hydrogens is 382 g/mol. The Balaban J connectivity index is 1.51. The average Bonchev–Trinajstić information content (AvgIpc) is 2.92. The maximum absolute atomic E-state index is 12.5. The summed E-state index contributed by atoms with van der Waals surface area (Å²) in [4.78, 5) is 31.2. The van der Waals surface area contributed by atoms with Crippen LogP contribution in [0.25, 0.3) is 10.2 Å². The smallest absolute Gasteiger partial charge is 0.236 e. The summed E-state index contributed by atoms with van der Waals surface area (Å²) in [7, 11) is 0. The van der Waals surface area contributed by atoms with Crippen molar-refractivity contribution in [1.29, 1.82) is 0 Å². The fraction of sp³-hybridized carbons (Fsp3) is 0.682. The largest absolute Gasteiger partial charge is 0.355 e. The molecule has 0 spiro atoms. The molecule has 1 atom stereocenters. The van der Waals surface area contributed by atoms with E-state index < -0.39 is 0 Å². The first kappa shape index (κ1) is 20.5. The number of rotatable bonds is 5. The second-order valence-electron chi connectivity index (χ2n) is 8.41. The molecule has 0 saturated carbocycles. The Labute approximate surface area is 177 Å². The highest BCUT2D eigenvalue weighted by molar-refractivity contribution is 7.19. The van der Waals surface area contributed by atoms with Crippen molar-refractivity contribution in [2.75, 3.05) is 50.7 Å². The zero-order valence-electron chi connectivity index (χ0n) is 18.0. The molecule has 2 aliphatic rings. The van der Waals surface area contributed by atoms with E-state index in [0.717, 1.165) is 68.7 Å². The Morgan fingerprint density at radius 2 is 2.03 bits per heavy atom. The highest BCUT2D eigenvalue weighted by atomic mass is 32.1. The molecule has 2 aromatic rings. The third-order valence-corrected chi connectivity index (χ3v) is 7.60. The molecule has 6 nitrogen and oxygen atoms in total. The summed E-state index contributed by atoms with van der Waals surface area (Å²) in [6.07, 6.45) is 6.37. The molecule has 2 aromatic heterocycles. The monoisotopic (exact) mass is 415 g/mol. The number of hydrogen-bond acceptors (Lipinski definition) is 6. The summed E-state index contributed by atoms with van der Waals surface area (Å²) in [5.41, 5.74) is 1.50. The molecule has 0 aromatic carbocycles. The number of fused-ring (bicyclic) bond motifs is 3. The average molecular weight is 416 g/mol. The standard InChI is InChI=1S/C22H33N5OS/c1-4-26(5-2)19(28)14-25-9-6-10-27(12-11-25)21-20-17-8-7-16(3)13-18(17)29-22(20)24-15-23-21/h15-16H,4-14H2,1-3H3/t16-/m1/s1. The van der Waals surface area contributed by atoms with E-state index in [9.17, 15) is 4.79 Å². The SMILES string of the molecule is CCN(CC)C(=O)CN1CCCN(c2ncnc3sc4c(c23)CC[C@@H](C)C4)CC1. The van der Waals surface area contributed by atoms with Gasteiger partial charge >= 0.3 is 0 Å². The van der Waals surface area contributed by atoms with Crippen LogP contribution in [0.1, 0.15) is 44.1 Å². The summed E-state index contributed by atoms with van der Waals surface area (Å²) in [6.45, 7) is 12.3. The zero-order chi connectivity index (χ0) is 20.4. The predicted molar refractivity (Wildman–Crippen MR) is 120 cm³/mol. The number of hydrogen-bond donors (Lipinski definition) is 0. The molecular formula is C22H33N5OS. The van der Waals surface area contributed by atoms with Crippen LogP contribution < -0.4 is 4.90 Å². The van der Waals surface area contributed by atoms with Crippen LogP contribution in [0.5, 0.6) is 0 Å². The number of aryl methyl sites for hydroxylation is 1. The van der Waals surface area contributed by atoms with Gasteiger partial charge in [-0.3, -0.25) is 9.69 Å².